The topological polar surface area (TPSA) is 29.3 Å². The summed E-state index contributed by atoms with van der Waals surface area (Å²) in [5, 5.41) is 0. The third kappa shape index (κ3) is 3.95. The monoisotopic (exact) mass is 268 g/mol. The zero-order valence-corrected chi connectivity index (χ0v) is 14.3. The molecule has 0 radical (unpaired) electrons. The molecule has 0 unspecified atom stereocenters. The molecule has 0 aromatic heterocycles. The van der Waals surface area contributed by atoms with Crippen LogP contribution in [0.1, 0.15) is 74.1 Å². The molecule has 2 heteroatoms. The van der Waals surface area contributed by atoms with Crippen molar-refractivity contribution in [2.75, 3.05) is 13.1 Å². The normalized spacial score (nSPS) is 24.9. The predicted octanol–water partition coefficient (Wildman–Crippen LogP) is 4.04. The third-order valence-corrected chi connectivity index (χ3v) is 4.65. The van der Waals surface area contributed by atoms with E-state index in [2.05, 4.69) is 53.4 Å². The highest BCUT2D eigenvalue weighted by molar-refractivity contribution is 5.05. The molecule has 0 heterocycles. The summed E-state index contributed by atoms with van der Waals surface area (Å²) in [6.45, 7) is 18.6. The molecule has 1 rings (SSSR count). The summed E-state index contributed by atoms with van der Waals surface area (Å²) in [4.78, 5) is 2.69. The quantitative estimate of drug-likeness (QED) is 0.815. The highest BCUT2D eigenvalue weighted by Crippen LogP contribution is 2.52. The third-order valence-electron chi connectivity index (χ3n) is 4.65. The second-order valence-electron chi connectivity index (χ2n) is 8.57. The van der Waals surface area contributed by atoms with Gasteiger partial charge in [-0.3, -0.25) is 4.90 Å². The maximum Gasteiger partial charge on any atom is 0.0344 e. The van der Waals surface area contributed by atoms with Gasteiger partial charge in [-0.25, -0.2) is 0 Å². The van der Waals surface area contributed by atoms with E-state index in [1.54, 1.807) is 0 Å². The van der Waals surface area contributed by atoms with Crippen molar-refractivity contribution in [3.63, 3.8) is 0 Å². The van der Waals surface area contributed by atoms with E-state index in [-0.39, 0.29) is 5.54 Å². The number of nitrogens with two attached hydrogens (primary N) is 1. The molecule has 0 spiro atoms. The minimum atomic E-state index is 0.190. The number of nitrogens with zero attached hydrogens (tertiary/aromatic N) is 1. The molecule has 0 saturated heterocycles. The first-order chi connectivity index (χ1) is 8.57. The second-order valence-corrected chi connectivity index (χ2v) is 8.57. The average molecular weight is 268 g/mol. The molecular weight excluding hydrogens is 232 g/mol. The Morgan fingerprint density at radius 3 is 1.79 bits per heavy atom. The van der Waals surface area contributed by atoms with Gasteiger partial charge in [-0.05, 0) is 56.9 Å². The molecule has 0 aromatic rings. The number of rotatable bonds is 5. The summed E-state index contributed by atoms with van der Waals surface area (Å²) >= 11 is 0. The van der Waals surface area contributed by atoms with Crippen molar-refractivity contribution in [2.45, 2.75) is 85.7 Å². The minimum absolute atomic E-state index is 0.190. The highest BCUT2D eigenvalue weighted by atomic mass is 15.2. The Morgan fingerprint density at radius 2 is 1.47 bits per heavy atom. The lowest BCUT2D eigenvalue weighted by atomic mass is 9.57. The SMILES string of the molecule is CCCN(C(C)C)C1(CN)CC(C)(C)CC(C)(C)C1. The summed E-state index contributed by atoms with van der Waals surface area (Å²) < 4.78 is 0. The van der Waals surface area contributed by atoms with Crippen molar-refractivity contribution in [3.8, 4) is 0 Å². The minimum Gasteiger partial charge on any atom is -0.329 e. The summed E-state index contributed by atoms with van der Waals surface area (Å²) in [6.07, 6.45) is 4.98. The Hall–Kier alpha value is -0.0800. The Kier molecular flexibility index (Phi) is 5.12. The van der Waals surface area contributed by atoms with Gasteiger partial charge in [0.2, 0.25) is 0 Å². The molecule has 1 fully saturated rings. The molecule has 0 aromatic carbocycles. The zero-order valence-electron chi connectivity index (χ0n) is 14.3. The van der Waals surface area contributed by atoms with E-state index in [0.29, 0.717) is 16.9 Å². The van der Waals surface area contributed by atoms with Crippen molar-refractivity contribution in [3.05, 3.63) is 0 Å². The fraction of sp³-hybridized carbons (Fsp3) is 1.00. The van der Waals surface area contributed by atoms with Crippen LogP contribution in [0.2, 0.25) is 0 Å². The van der Waals surface area contributed by atoms with Crippen LogP contribution in [0.4, 0.5) is 0 Å². The summed E-state index contributed by atoms with van der Waals surface area (Å²) in [7, 11) is 0. The summed E-state index contributed by atoms with van der Waals surface area (Å²) in [6, 6.07) is 0.577. The van der Waals surface area contributed by atoms with Gasteiger partial charge in [-0.2, -0.15) is 0 Å². The lowest BCUT2D eigenvalue weighted by Gasteiger charge is -2.57. The Bertz CT molecular complexity index is 276. The van der Waals surface area contributed by atoms with E-state index in [1.165, 1.54) is 32.2 Å². The van der Waals surface area contributed by atoms with Crippen LogP contribution in [-0.4, -0.2) is 29.6 Å². The molecule has 0 aliphatic heterocycles. The van der Waals surface area contributed by atoms with Crippen molar-refractivity contribution >= 4 is 0 Å². The van der Waals surface area contributed by atoms with Crippen LogP contribution in [-0.2, 0) is 0 Å². The van der Waals surface area contributed by atoms with E-state index in [1.807, 2.05) is 0 Å². The number of hydrogen-bond acceptors (Lipinski definition) is 2. The first-order valence-corrected chi connectivity index (χ1v) is 8.04. The Morgan fingerprint density at radius 1 is 1.00 bits per heavy atom. The van der Waals surface area contributed by atoms with Gasteiger partial charge >= 0.3 is 0 Å². The van der Waals surface area contributed by atoms with Gasteiger partial charge in [-0.1, -0.05) is 34.6 Å². The number of hydrogen-bond donors (Lipinski definition) is 1. The fourth-order valence-corrected chi connectivity index (χ4v) is 5.01. The molecule has 19 heavy (non-hydrogen) atoms. The molecule has 1 aliphatic rings. The molecular formula is C17H36N2. The van der Waals surface area contributed by atoms with Gasteiger partial charge in [0.05, 0.1) is 0 Å². The molecule has 2 nitrogen and oxygen atoms in total. The first kappa shape index (κ1) is 17.0. The average Bonchev–Trinajstić information content (AvgIpc) is 2.20. The fourth-order valence-electron chi connectivity index (χ4n) is 5.01. The largest absolute Gasteiger partial charge is 0.329 e. The van der Waals surface area contributed by atoms with Crippen molar-refractivity contribution in [1.82, 2.24) is 4.90 Å². The van der Waals surface area contributed by atoms with Crippen LogP contribution in [0, 0.1) is 10.8 Å². The molecule has 0 amide bonds. The molecule has 114 valence electrons. The highest BCUT2D eigenvalue weighted by Gasteiger charge is 2.49. The lowest BCUT2D eigenvalue weighted by Crippen LogP contribution is -2.62. The van der Waals surface area contributed by atoms with E-state index in [9.17, 15) is 0 Å². The van der Waals surface area contributed by atoms with Gasteiger partial charge in [0.1, 0.15) is 0 Å². The van der Waals surface area contributed by atoms with E-state index < -0.39 is 0 Å². The summed E-state index contributed by atoms with van der Waals surface area (Å²) in [5.41, 5.74) is 7.28. The lowest BCUT2D eigenvalue weighted by molar-refractivity contribution is -0.0571. The smallest absolute Gasteiger partial charge is 0.0344 e. The molecule has 0 bridgehead atoms. The van der Waals surface area contributed by atoms with E-state index >= 15 is 0 Å². The van der Waals surface area contributed by atoms with Gasteiger partial charge in [0, 0.05) is 18.1 Å². The zero-order chi connectivity index (χ0) is 14.9. The first-order valence-electron chi connectivity index (χ1n) is 8.04. The van der Waals surface area contributed by atoms with Crippen LogP contribution in [0.3, 0.4) is 0 Å². The van der Waals surface area contributed by atoms with Crippen LogP contribution in [0.15, 0.2) is 0 Å². The Labute approximate surface area is 121 Å². The predicted molar refractivity (Wildman–Crippen MR) is 85.3 cm³/mol. The molecule has 2 N–H and O–H groups in total. The van der Waals surface area contributed by atoms with Gasteiger partial charge in [0.15, 0.2) is 0 Å². The van der Waals surface area contributed by atoms with Crippen LogP contribution in [0.5, 0.6) is 0 Å². The van der Waals surface area contributed by atoms with Crippen molar-refractivity contribution in [2.24, 2.45) is 16.6 Å². The van der Waals surface area contributed by atoms with E-state index in [4.69, 9.17) is 5.73 Å². The van der Waals surface area contributed by atoms with Crippen LogP contribution in [0.25, 0.3) is 0 Å². The second kappa shape index (κ2) is 5.73. The standard InChI is InChI=1S/C17H36N2/c1-8-9-19(14(2)3)17(13-18)11-15(4,5)10-16(6,7)12-17/h14H,8-13,18H2,1-7H3. The van der Waals surface area contributed by atoms with E-state index in [0.717, 1.165) is 6.54 Å². The summed E-state index contributed by atoms with van der Waals surface area (Å²) in [5.74, 6) is 0. The molecule has 0 atom stereocenters. The van der Waals surface area contributed by atoms with Gasteiger partial charge in [-0.15, -0.1) is 0 Å². The van der Waals surface area contributed by atoms with Gasteiger partial charge < -0.3 is 5.73 Å². The molecule has 1 aliphatic carbocycles. The van der Waals surface area contributed by atoms with Gasteiger partial charge in [0.25, 0.3) is 0 Å². The van der Waals surface area contributed by atoms with Crippen LogP contribution >= 0.6 is 0 Å². The van der Waals surface area contributed by atoms with Crippen molar-refractivity contribution < 1.29 is 0 Å². The van der Waals surface area contributed by atoms with Crippen LogP contribution < -0.4 is 5.73 Å². The molecule has 1 saturated carbocycles. The Balaban J connectivity index is 3.12. The maximum absolute atomic E-state index is 6.31. The maximum atomic E-state index is 6.31. The van der Waals surface area contributed by atoms with Crippen molar-refractivity contribution in [1.29, 1.82) is 0 Å².